The van der Waals surface area contributed by atoms with Crippen LogP contribution in [0.25, 0.3) is 0 Å². The zero-order valence-corrected chi connectivity index (χ0v) is 12.0. The zero-order valence-electron chi connectivity index (χ0n) is 12.0. The van der Waals surface area contributed by atoms with Gasteiger partial charge in [0.2, 0.25) is 0 Å². The lowest BCUT2D eigenvalue weighted by Crippen LogP contribution is -2.29. The van der Waals surface area contributed by atoms with Crippen LogP contribution in [0.3, 0.4) is 0 Å². The molecule has 114 valence electrons. The summed E-state index contributed by atoms with van der Waals surface area (Å²) in [5.74, 6) is -0.309. The van der Waals surface area contributed by atoms with Gasteiger partial charge in [0.15, 0.2) is 0 Å². The largest absolute Gasteiger partial charge is 0.447 e. The summed E-state index contributed by atoms with van der Waals surface area (Å²) in [7, 11) is 0. The Hall–Kier alpha value is -1.40. The van der Waals surface area contributed by atoms with E-state index in [1.165, 1.54) is 6.08 Å². The van der Waals surface area contributed by atoms with Crippen LogP contribution in [0.2, 0.25) is 0 Å². The average molecular weight is 284 g/mol. The highest BCUT2D eigenvalue weighted by Gasteiger charge is 2.26. The molecule has 0 bridgehead atoms. The van der Waals surface area contributed by atoms with E-state index in [1.54, 1.807) is 6.08 Å². The highest BCUT2D eigenvalue weighted by atomic mass is 16.6. The fourth-order valence-electron chi connectivity index (χ4n) is 2.06. The van der Waals surface area contributed by atoms with Crippen LogP contribution >= 0.6 is 0 Å². The normalized spacial score (nSPS) is 16.7. The fourth-order valence-corrected chi connectivity index (χ4v) is 2.06. The maximum absolute atomic E-state index is 11.7. The molecule has 0 aromatic carbocycles. The number of unbranched alkanes of at least 4 members (excludes halogenated alkanes) is 1. The van der Waals surface area contributed by atoms with Crippen LogP contribution in [-0.2, 0) is 14.3 Å². The van der Waals surface area contributed by atoms with Gasteiger partial charge in [0.1, 0.15) is 6.61 Å². The molecular formula is C14H24N2O4. The maximum atomic E-state index is 11.7. The molecule has 6 nitrogen and oxygen atoms in total. The van der Waals surface area contributed by atoms with Crippen molar-refractivity contribution in [2.45, 2.75) is 38.7 Å². The van der Waals surface area contributed by atoms with Gasteiger partial charge in [-0.3, -0.25) is 4.79 Å². The molecule has 0 saturated carbocycles. The Labute approximate surface area is 119 Å². The SMILES string of the molecule is CCOC(CCN)CCC/C=C/C(=O)N1CCOC1=O. The second kappa shape index (κ2) is 9.50. The number of amides is 2. The number of nitrogens with two attached hydrogens (primary N) is 1. The summed E-state index contributed by atoms with van der Waals surface area (Å²) >= 11 is 0. The van der Waals surface area contributed by atoms with Crippen molar-refractivity contribution in [3.63, 3.8) is 0 Å². The van der Waals surface area contributed by atoms with Gasteiger partial charge >= 0.3 is 6.09 Å². The summed E-state index contributed by atoms with van der Waals surface area (Å²) in [4.78, 5) is 23.9. The van der Waals surface area contributed by atoms with E-state index < -0.39 is 6.09 Å². The topological polar surface area (TPSA) is 81.9 Å². The van der Waals surface area contributed by atoms with Crippen molar-refractivity contribution in [1.82, 2.24) is 4.90 Å². The zero-order chi connectivity index (χ0) is 14.8. The molecule has 1 aliphatic heterocycles. The Kier molecular flexibility index (Phi) is 7.91. The molecule has 1 unspecified atom stereocenters. The third kappa shape index (κ3) is 5.71. The standard InChI is InChI=1S/C14H24N2O4/c1-2-19-12(8-9-15)6-4-3-5-7-13(17)16-10-11-20-14(16)18/h5,7,12H,2-4,6,8-11,15H2,1H3/b7-5+. The first kappa shape index (κ1) is 16.7. The van der Waals surface area contributed by atoms with Gasteiger partial charge in [-0.1, -0.05) is 6.08 Å². The monoisotopic (exact) mass is 284 g/mol. The van der Waals surface area contributed by atoms with E-state index in [0.717, 1.165) is 30.6 Å². The number of hydrogen-bond donors (Lipinski definition) is 1. The van der Waals surface area contributed by atoms with Crippen LogP contribution in [0.5, 0.6) is 0 Å². The maximum Gasteiger partial charge on any atom is 0.416 e. The molecule has 1 saturated heterocycles. The van der Waals surface area contributed by atoms with Crippen molar-refractivity contribution in [1.29, 1.82) is 0 Å². The Bertz CT molecular complexity index is 338. The van der Waals surface area contributed by atoms with Crippen molar-refractivity contribution in [2.75, 3.05) is 26.3 Å². The first-order chi connectivity index (χ1) is 9.69. The molecule has 1 heterocycles. The Morgan fingerprint density at radius 3 is 2.95 bits per heavy atom. The van der Waals surface area contributed by atoms with Gasteiger partial charge in [-0.25, -0.2) is 9.69 Å². The fraction of sp³-hybridized carbons (Fsp3) is 0.714. The minimum absolute atomic E-state index is 0.197. The smallest absolute Gasteiger partial charge is 0.416 e. The van der Waals surface area contributed by atoms with Crippen molar-refractivity contribution >= 4 is 12.0 Å². The molecule has 6 heteroatoms. The third-order valence-electron chi connectivity index (χ3n) is 3.08. The van der Waals surface area contributed by atoms with Crippen LogP contribution in [0, 0.1) is 0 Å². The molecule has 2 N–H and O–H groups in total. The van der Waals surface area contributed by atoms with Crippen LogP contribution in [0.4, 0.5) is 4.79 Å². The Morgan fingerprint density at radius 2 is 2.35 bits per heavy atom. The first-order valence-corrected chi connectivity index (χ1v) is 7.15. The summed E-state index contributed by atoms with van der Waals surface area (Å²) in [6.45, 7) is 3.90. The summed E-state index contributed by atoms with van der Waals surface area (Å²) in [5, 5.41) is 0. The van der Waals surface area contributed by atoms with Gasteiger partial charge in [-0.05, 0) is 45.2 Å². The van der Waals surface area contributed by atoms with Crippen molar-refractivity contribution in [3.05, 3.63) is 12.2 Å². The predicted octanol–water partition coefficient (Wildman–Crippen LogP) is 1.45. The van der Waals surface area contributed by atoms with Gasteiger partial charge in [0.25, 0.3) is 5.91 Å². The van der Waals surface area contributed by atoms with Crippen molar-refractivity contribution in [3.8, 4) is 0 Å². The van der Waals surface area contributed by atoms with Crippen LogP contribution in [0.1, 0.15) is 32.6 Å². The summed E-state index contributed by atoms with van der Waals surface area (Å²) in [5.41, 5.74) is 5.52. The van der Waals surface area contributed by atoms with Crippen molar-refractivity contribution in [2.24, 2.45) is 5.73 Å². The lowest BCUT2D eigenvalue weighted by molar-refractivity contribution is -0.122. The number of imide groups is 1. The van der Waals surface area contributed by atoms with E-state index in [2.05, 4.69) is 0 Å². The molecule has 1 atom stereocenters. The Balaban J connectivity index is 2.20. The van der Waals surface area contributed by atoms with E-state index in [0.29, 0.717) is 19.7 Å². The summed E-state index contributed by atoms with van der Waals surface area (Å²) < 4.78 is 10.3. The molecule has 0 aromatic rings. The van der Waals surface area contributed by atoms with E-state index in [1.807, 2.05) is 6.92 Å². The second-order valence-electron chi connectivity index (χ2n) is 4.59. The predicted molar refractivity (Wildman–Crippen MR) is 75.1 cm³/mol. The molecule has 1 fully saturated rings. The van der Waals surface area contributed by atoms with Crippen LogP contribution < -0.4 is 5.73 Å². The minimum Gasteiger partial charge on any atom is -0.447 e. The molecule has 0 aliphatic carbocycles. The summed E-state index contributed by atoms with van der Waals surface area (Å²) in [6.07, 6.45) is 6.36. The van der Waals surface area contributed by atoms with Crippen molar-refractivity contribution < 1.29 is 19.1 Å². The molecule has 1 rings (SSSR count). The highest BCUT2D eigenvalue weighted by Crippen LogP contribution is 2.09. The quantitative estimate of drug-likeness (QED) is 0.512. The van der Waals surface area contributed by atoms with E-state index >= 15 is 0 Å². The highest BCUT2D eigenvalue weighted by molar-refractivity contribution is 5.99. The number of carbonyl (C=O) groups is 2. The lowest BCUT2D eigenvalue weighted by atomic mass is 10.1. The summed E-state index contributed by atoms with van der Waals surface area (Å²) in [6, 6.07) is 0. The average Bonchev–Trinajstić information content (AvgIpc) is 2.85. The third-order valence-corrected chi connectivity index (χ3v) is 3.08. The molecule has 2 amide bonds. The minimum atomic E-state index is -0.556. The van der Waals surface area contributed by atoms with Gasteiger partial charge in [-0.2, -0.15) is 0 Å². The lowest BCUT2D eigenvalue weighted by Gasteiger charge is -2.15. The first-order valence-electron chi connectivity index (χ1n) is 7.15. The Morgan fingerprint density at radius 1 is 1.55 bits per heavy atom. The number of rotatable bonds is 9. The molecule has 0 spiro atoms. The van der Waals surface area contributed by atoms with E-state index in [-0.39, 0.29) is 18.6 Å². The number of carbonyl (C=O) groups excluding carboxylic acids is 2. The van der Waals surface area contributed by atoms with Gasteiger partial charge in [-0.15, -0.1) is 0 Å². The number of nitrogens with zero attached hydrogens (tertiary/aromatic N) is 1. The number of ether oxygens (including phenoxy) is 2. The molecular weight excluding hydrogens is 260 g/mol. The second-order valence-corrected chi connectivity index (χ2v) is 4.59. The number of cyclic esters (lactones) is 1. The van der Waals surface area contributed by atoms with E-state index in [4.69, 9.17) is 15.2 Å². The van der Waals surface area contributed by atoms with Crippen LogP contribution in [-0.4, -0.2) is 49.3 Å². The molecule has 0 aromatic heterocycles. The van der Waals surface area contributed by atoms with Crippen LogP contribution in [0.15, 0.2) is 12.2 Å². The molecule has 1 aliphatic rings. The number of allylic oxidation sites excluding steroid dienone is 1. The molecule has 20 heavy (non-hydrogen) atoms. The van der Waals surface area contributed by atoms with Gasteiger partial charge < -0.3 is 15.2 Å². The number of hydrogen-bond acceptors (Lipinski definition) is 5. The van der Waals surface area contributed by atoms with Gasteiger partial charge in [0.05, 0.1) is 12.6 Å². The van der Waals surface area contributed by atoms with E-state index in [9.17, 15) is 9.59 Å². The molecule has 0 radical (unpaired) electrons. The van der Waals surface area contributed by atoms with Gasteiger partial charge in [0, 0.05) is 6.61 Å².